The molecule has 1 aromatic heterocycles. The summed E-state index contributed by atoms with van der Waals surface area (Å²) in [7, 11) is 0. The van der Waals surface area contributed by atoms with Crippen LogP contribution < -0.4 is 5.01 Å². The van der Waals surface area contributed by atoms with E-state index in [4.69, 9.17) is 16.6 Å². The maximum absolute atomic E-state index is 5.95. The normalized spacial score (nSPS) is 17.3. The van der Waals surface area contributed by atoms with Crippen LogP contribution in [0.1, 0.15) is 11.7 Å². The summed E-state index contributed by atoms with van der Waals surface area (Å²) >= 11 is 5.95. The van der Waals surface area contributed by atoms with Crippen molar-refractivity contribution in [3.8, 4) is 0 Å². The molecule has 0 radical (unpaired) electrons. The van der Waals surface area contributed by atoms with E-state index in [1.165, 1.54) is 0 Å². The summed E-state index contributed by atoms with van der Waals surface area (Å²) in [4.78, 5) is 4.76. The van der Waals surface area contributed by atoms with E-state index in [2.05, 4.69) is 22.5 Å². The number of nitrogens with zero attached hydrogens (tertiary/aromatic N) is 4. The molecule has 5 heteroatoms. The molecule has 0 spiro atoms. The van der Waals surface area contributed by atoms with Gasteiger partial charge in [-0.1, -0.05) is 41.1 Å². The van der Waals surface area contributed by atoms with Crippen LogP contribution in [-0.2, 0) is 0 Å². The first kappa shape index (κ1) is 13.2. The van der Waals surface area contributed by atoms with E-state index in [1.54, 1.807) is 0 Å². The van der Waals surface area contributed by atoms with Crippen LogP contribution in [0, 0.1) is 0 Å². The highest BCUT2D eigenvalue weighted by Crippen LogP contribution is 2.32. The summed E-state index contributed by atoms with van der Waals surface area (Å²) in [5.41, 5.74) is 2.92. The summed E-state index contributed by atoms with van der Waals surface area (Å²) in [6.45, 7) is 0.605. The molecule has 1 atom stereocenters. The number of hydrogen-bond acceptors (Lipinski definition) is 4. The van der Waals surface area contributed by atoms with Crippen LogP contribution in [0.25, 0.3) is 10.9 Å². The van der Waals surface area contributed by atoms with Gasteiger partial charge in [0.2, 0.25) is 0 Å². The summed E-state index contributed by atoms with van der Waals surface area (Å²) in [5.74, 6) is 0. The van der Waals surface area contributed by atoms with Crippen molar-refractivity contribution in [2.75, 3.05) is 11.6 Å². The Balaban J connectivity index is 1.72. The van der Waals surface area contributed by atoms with Crippen LogP contribution >= 0.6 is 11.6 Å². The lowest BCUT2D eigenvalue weighted by atomic mass is 10.1. The zero-order chi connectivity index (χ0) is 14.9. The van der Waals surface area contributed by atoms with Crippen molar-refractivity contribution in [3.63, 3.8) is 0 Å². The predicted octanol–water partition coefficient (Wildman–Crippen LogP) is 4.82. The van der Waals surface area contributed by atoms with Gasteiger partial charge in [-0.2, -0.15) is 5.11 Å². The molecule has 1 aliphatic rings. The number of aromatic nitrogens is 1. The fourth-order valence-corrected chi connectivity index (χ4v) is 2.76. The number of hydrogen-bond donors (Lipinski definition) is 0. The van der Waals surface area contributed by atoms with Crippen molar-refractivity contribution in [3.05, 3.63) is 71.4 Å². The molecule has 1 unspecified atom stereocenters. The van der Waals surface area contributed by atoms with Crippen molar-refractivity contribution in [1.29, 1.82) is 0 Å². The van der Waals surface area contributed by atoms with Crippen molar-refractivity contribution < 1.29 is 0 Å². The highest BCUT2D eigenvalue weighted by Gasteiger charge is 2.26. The maximum atomic E-state index is 5.95. The number of rotatable bonds is 2. The van der Waals surface area contributed by atoms with Gasteiger partial charge in [0, 0.05) is 10.4 Å². The first-order chi connectivity index (χ1) is 10.8. The lowest BCUT2D eigenvalue weighted by Gasteiger charge is -2.21. The van der Waals surface area contributed by atoms with Crippen LogP contribution in [0.5, 0.6) is 0 Å². The van der Waals surface area contributed by atoms with Gasteiger partial charge in [0.25, 0.3) is 0 Å². The minimum Gasteiger partial charge on any atom is -0.250 e. The lowest BCUT2D eigenvalue weighted by Crippen LogP contribution is -2.21. The number of anilines is 1. The fourth-order valence-electron chi connectivity index (χ4n) is 2.63. The molecule has 0 N–H and O–H groups in total. The third kappa shape index (κ3) is 2.31. The van der Waals surface area contributed by atoms with Gasteiger partial charge in [-0.05, 0) is 36.4 Å². The van der Waals surface area contributed by atoms with Crippen LogP contribution in [0.4, 0.5) is 5.69 Å². The zero-order valence-electron chi connectivity index (χ0n) is 11.7. The van der Waals surface area contributed by atoms with Crippen LogP contribution in [-0.4, -0.2) is 11.5 Å². The van der Waals surface area contributed by atoms with Gasteiger partial charge in [0.15, 0.2) is 0 Å². The second-order valence-corrected chi connectivity index (χ2v) is 5.62. The Hall–Kier alpha value is -2.46. The van der Waals surface area contributed by atoms with Crippen LogP contribution in [0.3, 0.4) is 0 Å². The van der Waals surface area contributed by atoms with Gasteiger partial charge >= 0.3 is 0 Å². The Morgan fingerprint density at radius 1 is 0.955 bits per heavy atom. The molecule has 4 nitrogen and oxygen atoms in total. The van der Waals surface area contributed by atoms with Crippen LogP contribution in [0.15, 0.2) is 71.0 Å². The van der Waals surface area contributed by atoms with Gasteiger partial charge in [-0.25, -0.2) is 5.01 Å². The zero-order valence-corrected chi connectivity index (χ0v) is 12.5. The van der Waals surface area contributed by atoms with E-state index in [0.717, 1.165) is 22.3 Å². The number of benzene rings is 2. The number of para-hydroxylation sites is 1. The van der Waals surface area contributed by atoms with Gasteiger partial charge in [-0.3, -0.25) is 4.98 Å². The first-order valence-electron chi connectivity index (χ1n) is 7.09. The highest BCUT2D eigenvalue weighted by molar-refractivity contribution is 6.30. The largest absolute Gasteiger partial charge is 0.250 e. The van der Waals surface area contributed by atoms with E-state index < -0.39 is 0 Å². The van der Waals surface area contributed by atoms with E-state index in [9.17, 15) is 0 Å². The average molecular weight is 309 g/mol. The summed E-state index contributed by atoms with van der Waals surface area (Å²) in [6, 6.07) is 19.9. The second-order valence-electron chi connectivity index (χ2n) is 5.18. The quantitative estimate of drug-likeness (QED) is 0.681. The molecule has 108 valence electrons. The topological polar surface area (TPSA) is 40.9 Å². The molecule has 3 aromatic rings. The lowest BCUT2D eigenvalue weighted by molar-refractivity contribution is 0.711. The summed E-state index contributed by atoms with van der Waals surface area (Å²) < 4.78 is 0. The van der Waals surface area contributed by atoms with E-state index in [-0.39, 0.29) is 6.04 Å². The molecule has 22 heavy (non-hydrogen) atoms. The Morgan fingerprint density at radius 2 is 1.77 bits per heavy atom. The van der Waals surface area contributed by atoms with E-state index in [1.807, 2.05) is 53.5 Å². The molecular formula is C17H13ClN4. The summed E-state index contributed by atoms with van der Waals surface area (Å²) in [5, 5.41) is 12.2. The fraction of sp³-hybridized carbons (Fsp3) is 0.118. The molecule has 0 amide bonds. The monoisotopic (exact) mass is 308 g/mol. The van der Waals surface area contributed by atoms with Crippen LogP contribution in [0.2, 0.25) is 5.02 Å². The molecule has 0 saturated heterocycles. The first-order valence-corrected chi connectivity index (χ1v) is 7.47. The minimum absolute atomic E-state index is 0.0192. The van der Waals surface area contributed by atoms with Crippen molar-refractivity contribution >= 4 is 28.2 Å². The summed E-state index contributed by atoms with van der Waals surface area (Å²) in [6.07, 6.45) is 0. The Bertz CT molecular complexity index is 845. The SMILES string of the molecule is Clc1ccc(N2N=NCC2c2ccc3ccccc3n2)cc1. The van der Waals surface area contributed by atoms with Crippen molar-refractivity contribution in [2.24, 2.45) is 10.3 Å². The van der Waals surface area contributed by atoms with Crippen molar-refractivity contribution in [2.45, 2.75) is 6.04 Å². The van der Waals surface area contributed by atoms with E-state index in [0.29, 0.717) is 11.6 Å². The smallest absolute Gasteiger partial charge is 0.118 e. The molecular weight excluding hydrogens is 296 g/mol. The Labute approximate surface area is 133 Å². The maximum Gasteiger partial charge on any atom is 0.118 e. The second kappa shape index (κ2) is 5.39. The third-order valence-corrected chi connectivity index (χ3v) is 4.01. The highest BCUT2D eigenvalue weighted by atomic mass is 35.5. The Morgan fingerprint density at radius 3 is 2.64 bits per heavy atom. The molecule has 1 aliphatic heterocycles. The van der Waals surface area contributed by atoms with E-state index >= 15 is 0 Å². The Kier molecular flexibility index (Phi) is 3.24. The van der Waals surface area contributed by atoms with Gasteiger partial charge in [-0.15, -0.1) is 0 Å². The molecule has 2 heterocycles. The molecule has 4 rings (SSSR count). The number of fused-ring (bicyclic) bond motifs is 1. The van der Waals surface area contributed by atoms with Crippen molar-refractivity contribution in [1.82, 2.24) is 4.98 Å². The minimum atomic E-state index is 0.0192. The molecule has 0 aliphatic carbocycles. The third-order valence-electron chi connectivity index (χ3n) is 3.76. The van der Waals surface area contributed by atoms with Gasteiger partial charge < -0.3 is 0 Å². The van der Waals surface area contributed by atoms with Gasteiger partial charge in [0.05, 0.1) is 23.4 Å². The average Bonchev–Trinajstić information content (AvgIpc) is 3.05. The molecule has 0 saturated carbocycles. The standard InChI is InChI=1S/C17H13ClN4/c18-13-6-8-14(9-7-13)22-17(11-19-21-22)16-10-5-12-3-1-2-4-15(12)20-16/h1-10,17H,11H2. The molecule has 0 bridgehead atoms. The molecule has 0 fully saturated rings. The predicted molar refractivity (Wildman–Crippen MR) is 88.1 cm³/mol. The number of pyridine rings is 1. The number of halogens is 1. The molecule has 2 aromatic carbocycles. The van der Waals surface area contributed by atoms with Gasteiger partial charge in [0.1, 0.15) is 6.04 Å².